The number of aromatic nitrogens is 2. The first-order chi connectivity index (χ1) is 6.75. The van der Waals surface area contributed by atoms with Crippen LogP contribution in [0.4, 0.5) is 5.82 Å². The van der Waals surface area contributed by atoms with Crippen molar-refractivity contribution < 1.29 is 0 Å². The Morgan fingerprint density at radius 2 is 2.07 bits per heavy atom. The first-order valence-corrected chi connectivity index (χ1v) is 5.15. The second-order valence-corrected chi connectivity index (χ2v) is 3.94. The molecule has 0 aliphatic carbocycles. The number of hydrogen-bond acceptors (Lipinski definition) is 4. The number of piperazine rings is 1. The fraction of sp³-hybridized carbons (Fsp3) is 0.556. The van der Waals surface area contributed by atoms with Gasteiger partial charge in [0.15, 0.2) is 4.77 Å². The van der Waals surface area contributed by atoms with Crippen LogP contribution < -0.4 is 4.90 Å². The van der Waals surface area contributed by atoms with Crippen LogP contribution in [0.1, 0.15) is 0 Å². The number of rotatable bonds is 1. The Morgan fingerprint density at radius 3 is 2.71 bits per heavy atom. The molecule has 1 aliphatic rings. The Labute approximate surface area is 88.6 Å². The van der Waals surface area contributed by atoms with Gasteiger partial charge in [-0.15, -0.1) is 0 Å². The van der Waals surface area contributed by atoms with E-state index in [0.29, 0.717) is 4.77 Å². The average molecular weight is 210 g/mol. The summed E-state index contributed by atoms with van der Waals surface area (Å²) in [6, 6.07) is 1.97. The van der Waals surface area contributed by atoms with Crippen LogP contribution >= 0.6 is 12.2 Å². The fourth-order valence-electron chi connectivity index (χ4n) is 1.59. The van der Waals surface area contributed by atoms with Crippen LogP contribution in [0.15, 0.2) is 12.3 Å². The van der Waals surface area contributed by atoms with Crippen molar-refractivity contribution in [3.8, 4) is 0 Å². The molecule has 0 atom stereocenters. The smallest absolute Gasteiger partial charge is 0.198 e. The Morgan fingerprint density at radius 1 is 1.36 bits per heavy atom. The van der Waals surface area contributed by atoms with Gasteiger partial charge in [0.05, 0.1) is 0 Å². The van der Waals surface area contributed by atoms with Gasteiger partial charge in [-0.25, -0.2) is 4.98 Å². The topological polar surface area (TPSA) is 35.2 Å². The number of H-pyrrole nitrogens is 1. The Bertz CT molecular complexity index is 354. The van der Waals surface area contributed by atoms with E-state index in [0.717, 1.165) is 32.0 Å². The highest BCUT2D eigenvalue weighted by atomic mass is 32.1. The lowest BCUT2D eigenvalue weighted by atomic mass is 10.3. The Kier molecular flexibility index (Phi) is 2.79. The van der Waals surface area contributed by atoms with E-state index in [4.69, 9.17) is 12.2 Å². The van der Waals surface area contributed by atoms with Crippen LogP contribution in [0.25, 0.3) is 0 Å². The summed E-state index contributed by atoms with van der Waals surface area (Å²) in [5.74, 6) is 1.08. The van der Waals surface area contributed by atoms with Crippen molar-refractivity contribution >= 4 is 18.0 Å². The monoisotopic (exact) mass is 210 g/mol. The largest absolute Gasteiger partial charge is 0.356 e. The summed E-state index contributed by atoms with van der Waals surface area (Å²) >= 11 is 4.99. The van der Waals surface area contributed by atoms with Gasteiger partial charge in [-0.1, -0.05) is 0 Å². The summed E-state index contributed by atoms with van der Waals surface area (Å²) in [7, 11) is 2.14. The Hall–Kier alpha value is -0.940. The van der Waals surface area contributed by atoms with Crippen molar-refractivity contribution in [2.24, 2.45) is 0 Å². The second-order valence-electron chi connectivity index (χ2n) is 3.55. The zero-order valence-electron chi connectivity index (χ0n) is 8.23. The van der Waals surface area contributed by atoms with Crippen LogP contribution in [-0.4, -0.2) is 48.1 Å². The van der Waals surface area contributed by atoms with Gasteiger partial charge in [-0.05, 0) is 25.3 Å². The Balaban J connectivity index is 2.12. The third kappa shape index (κ3) is 2.10. The quantitative estimate of drug-likeness (QED) is 0.698. The third-order valence-electron chi connectivity index (χ3n) is 2.50. The van der Waals surface area contributed by atoms with E-state index < -0.39 is 0 Å². The van der Waals surface area contributed by atoms with Crippen molar-refractivity contribution in [2.75, 3.05) is 38.1 Å². The van der Waals surface area contributed by atoms with Gasteiger partial charge in [-0.2, -0.15) is 0 Å². The van der Waals surface area contributed by atoms with Gasteiger partial charge in [-0.3, -0.25) is 0 Å². The first kappa shape index (κ1) is 9.61. The molecule has 0 saturated carbocycles. The maximum Gasteiger partial charge on any atom is 0.198 e. The van der Waals surface area contributed by atoms with Gasteiger partial charge < -0.3 is 14.8 Å². The van der Waals surface area contributed by atoms with Crippen molar-refractivity contribution in [1.29, 1.82) is 0 Å². The number of nitrogens with zero attached hydrogens (tertiary/aromatic N) is 3. The predicted octanol–water partition coefficient (Wildman–Crippen LogP) is 0.891. The molecule has 0 amide bonds. The van der Waals surface area contributed by atoms with Crippen LogP contribution in [0.5, 0.6) is 0 Å². The molecule has 0 bridgehead atoms. The average Bonchev–Trinajstić information content (AvgIpc) is 2.19. The van der Waals surface area contributed by atoms with Gasteiger partial charge in [0.2, 0.25) is 0 Å². The van der Waals surface area contributed by atoms with E-state index >= 15 is 0 Å². The predicted molar refractivity (Wildman–Crippen MR) is 59.1 cm³/mol. The van der Waals surface area contributed by atoms with Crippen molar-refractivity contribution in [2.45, 2.75) is 0 Å². The van der Waals surface area contributed by atoms with Gasteiger partial charge in [0, 0.05) is 32.4 Å². The minimum atomic E-state index is 0.557. The molecule has 76 valence electrons. The van der Waals surface area contributed by atoms with Crippen molar-refractivity contribution in [3.05, 3.63) is 17.0 Å². The maximum absolute atomic E-state index is 4.99. The molecule has 1 aromatic heterocycles. The van der Waals surface area contributed by atoms with E-state index in [1.807, 2.05) is 6.07 Å². The zero-order valence-corrected chi connectivity index (χ0v) is 9.05. The van der Waals surface area contributed by atoms with Crippen molar-refractivity contribution in [3.63, 3.8) is 0 Å². The summed E-state index contributed by atoms with van der Waals surface area (Å²) in [6.07, 6.45) is 1.76. The van der Waals surface area contributed by atoms with Crippen LogP contribution in [0.3, 0.4) is 0 Å². The van der Waals surface area contributed by atoms with Crippen LogP contribution in [0.2, 0.25) is 0 Å². The summed E-state index contributed by atoms with van der Waals surface area (Å²) < 4.78 is 0.557. The highest BCUT2D eigenvalue weighted by Crippen LogP contribution is 2.10. The minimum absolute atomic E-state index is 0.557. The number of nitrogens with one attached hydrogen (secondary N) is 1. The highest BCUT2D eigenvalue weighted by Gasteiger charge is 2.14. The van der Waals surface area contributed by atoms with Crippen LogP contribution in [0, 0.1) is 4.77 Å². The SMILES string of the molecule is CN1CCN(c2ccnc(=S)[nH]2)CC1. The maximum atomic E-state index is 4.99. The van der Waals surface area contributed by atoms with Crippen molar-refractivity contribution in [1.82, 2.24) is 14.9 Å². The molecule has 0 radical (unpaired) electrons. The van der Waals surface area contributed by atoms with Crippen LogP contribution in [-0.2, 0) is 0 Å². The number of likely N-dealkylation sites (N-methyl/N-ethyl adjacent to an activating group) is 1. The first-order valence-electron chi connectivity index (χ1n) is 4.74. The number of anilines is 1. The third-order valence-corrected chi connectivity index (χ3v) is 2.71. The molecule has 1 N–H and O–H groups in total. The molecule has 2 rings (SSSR count). The summed E-state index contributed by atoms with van der Waals surface area (Å²) in [5.41, 5.74) is 0. The van der Waals surface area contributed by atoms with Gasteiger partial charge in [0.25, 0.3) is 0 Å². The minimum Gasteiger partial charge on any atom is -0.356 e. The standard InChI is InChI=1S/C9H14N4S/c1-12-4-6-13(7-5-12)8-2-3-10-9(14)11-8/h2-3H,4-7H2,1H3,(H,10,11,14). The van der Waals surface area contributed by atoms with Gasteiger partial charge >= 0.3 is 0 Å². The van der Waals surface area contributed by atoms with E-state index in [2.05, 4.69) is 26.8 Å². The molecule has 0 spiro atoms. The lowest BCUT2D eigenvalue weighted by molar-refractivity contribution is 0.312. The number of hydrogen-bond donors (Lipinski definition) is 1. The van der Waals surface area contributed by atoms with E-state index in [1.54, 1.807) is 6.20 Å². The van der Waals surface area contributed by atoms with Gasteiger partial charge in [0.1, 0.15) is 5.82 Å². The number of aromatic amines is 1. The molecule has 2 heterocycles. The second kappa shape index (κ2) is 4.06. The summed E-state index contributed by atoms with van der Waals surface area (Å²) in [5, 5.41) is 0. The van der Waals surface area contributed by atoms with E-state index in [9.17, 15) is 0 Å². The summed E-state index contributed by atoms with van der Waals surface area (Å²) in [6.45, 7) is 4.30. The normalized spacial score (nSPS) is 18.5. The molecule has 14 heavy (non-hydrogen) atoms. The lowest BCUT2D eigenvalue weighted by Gasteiger charge is -2.33. The summed E-state index contributed by atoms with van der Waals surface area (Å²) in [4.78, 5) is 11.7. The zero-order chi connectivity index (χ0) is 9.97. The molecule has 1 saturated heterocycles. The van der Waals surface area contributed by atoms with E-state index in [-0.39, 0.29) is 0 Å². The molecular formula is C9H14N4S. The van der Waals surface area contributed by atoms with E-state index in [1.165, 1.54) is 0 Å². The molecule has 0 aromatic carbocycles. The fourth-order valence-corrected chi connectivity index (χ4v) is 1.76. The lowest BCUT2D eigenvalue weighted by Crippen LogP contribution is -2.44. The molecule has 1 aromatic rings. The molecular weight excluding hydrogens is 196 g/mol. The molecule has 1 fully saturated rings. The highest BCUT2D eigenvalue weighted by molar-refractivity contribution is 7.71. The molecule has 4 nitrogen and oxygen atoms in total. The molecule has 0 unspecified atom stereocenters. The molecule has 1 aliphatic heterocycles. The molecule has 5 heteroatoms.